The van der Waals surface area contributed by atoms with E-state index in [0.29, 0.717) is 0 Å². The van der Waals surface area contributed by atoms with Gasteiger partial charge in [-0.3, -0.25) is 0 Å². The highest BCUT2D eigenvalue weighted by Gasteiger charge is 2.42. The molecule has 3 unspecified atom stereocenters. The van der Waals surface area contributed by atoms with Crippen LogP contribution in [-0.2, 0) is 0 Å². The van der Waals surface area contributed by atoms with Gasteiger partial charge in [-0.05, 0) is 42.4 Å². The molecule has 0 saturated heterocycles. The third-order valence-corrected chi connectivity index (χ3v) is 4.69. The molecule has 0 aromatic carbocycles. The summed E-state index contributed by atoms with van der Waals surface area (Å²) in [5, 5.41) is 0. The molecule has 1 saturated carbocycles. The minimum Gasteiger partial charge on any atom is -0.0648 e. The van der Waals surface area contributed by atoms with Gasteiger partial charge in [0.1, 0.15) is 0 Å². The van der Waals surface area contributed by atoms with Crippen LogP contribution in [0.5, 0.6) is 0 Å². The fraction of sp³-hybridized carbons (Fsp3) is 1.00. The maximum Gasteiger partial charge on any atom is -0.0272 e. The Kier molecular flexibility index (Phi) is 3.43. The average molecular weight is 182 g/mol. The van der Waals surface area contributed by atoms with E-state index in [0.717, 1.165) is 23.2 Å². The Balaban J connectivity index is 2.49. The molecule has 0 aliphatic heterocycles. The van der Waals surface area contributed by atoms with Crippen molar-refractivity contribution in [3.8, 4) is 0 Å². The maximum atomic E-state index is 2.44. The van der Waals surface area contributed by atoms with Gasteiger partial charge in [0, 0.05) is 0 Å². The molecule has 0 spiro atoms. The normalized spacial score (nSPS) is 36.0. The second kappa shape index (κ2) is 4.02. The van der Waals surface area contributed by atoms with Gasteiger partial charge in [0.2, 0.25) is 0 Å². The Labute approximate surface area is 84.1 Å². The number of hydrogen-bond donors (Lipinski definition) is 0. The van der Waals surface area contributed by atoms with E-state index in [1.807, 2.05) is 0 Å². The second-order valence-corrected chi connectivity index (χ2v) is 5.58. The Morgan fingerprint density at radius 2 is 1.92 bits per heavy atom. The second-order valence-electron chi connectivity index (χ2n) is 5.58. The average Bonchev–Trinajstić information content (AvgIpc) is 2.10. The third-order valence-electron chi connectivity index (χ3n) is 4.69. The molecular weight excluding hydrogens is 156 g/mol. The van der Waals surface area contributed by atoms with Crippen molar-refractivity contribution >= 4 is 0 Å². The van der Waals surface area contributed by atoms with Gasteiger partial charge >= 0.3 is 0 Å². The van der Waals surface area contributed by atoms with Gasteiger partial charge < -0.3 is 0 Å². The predicted octanol–water partition coefficient (Wildman–Crippen LogP) is 4.49. The van der Waals surface area contributed by atoms with E-state index in [1.54, 1.807) is 0 Å². The summed E-state index contributed by atoms with van der Waals surface area (Å²) in [6.45, 7) is 12.0. The number of rotatable bonds is 4. The van der Waals surface area contributed by atoms with Gasteiger partial charge in [-0.25, -0.2) is 0 Å². The summed E-state index contributed by atoms with van der Waals surface area (Å²) in [6, 6.07) is 0. The monoisotopic (exact) mass is 182 g/mol. The quantitative estimate of drug-likeness (QED) is 0.600. The lowest BCUT2D eigenvalue weighted by molar-refractivity contribution is 0.00699. The molecule has 1 fully saturated rings. The van der Waals surface area contributed by atoms with Crippen LogP contribution in [0.15, 0.2) is 0 Å². The van der Waals surface area contributed by atoms with Gasteiger partial charge in [0.05, 0.1) is 0 Å². The number of hydrogen-bond acceptors (Lipinski definition) is 0. The van der Waals surface area contributed by atoms with E-state index in [2.05, 4.69) is 34.6 Å². The minimum absolute atomic E-state index is 0.726. The summed E-state index contributed by atoms with van der Waals surface area (Å²) in [7, 11) is 0. The molecule has 1 aliphatic carbocycles. The zero-order valence-corrected chi connectivity index (χ0v) is 10.1. The van der Waals surface area contributed by atoms with Gasteiger partial charge in [0.15, 0.2) is 0 Å². The van der Waals surface area contributed by atoms with Crippen molar-refractivity contribution in [1.29, 1.82) is 0 Å². The molecule has 0 heteroatoms. The fourth-order valence-corrected chi connectivity index (χ4v) is 2.69. The highest BCUT2D eigenvalue weighted by atomic mass is 14.5. The largest absolute Gasteiger partial charge is 0.0648 e. The zero-order chi connectivity index (χ0) is 10.1. The molecule has 0 N–H and O–H groups in total. The molecular formula is C13H26. The van der Waals surface area contributed by atoms with E-state index in [-0.39, 0.29) is 0 Å². The van der Waals surface area contributed by atoms with Crippen molar-refractivity contribution < 1.29 is 0 Å². The van der Waals surface area contributed by atoms with Crippen LogP contribution in [0.4, 0.5) is 0 Å². The molecule has 3 atom stereocenters. The Morgan fingerprint density at radius 1 is 1.31 bits per heavy atom. The van der Waals surface area contributed by atoms with Crippen LogP contribution in [0.3, 0.4) is 0 Å². The van der Waals surface area contributed by atoms with Crippen molar-refractivity contribution in [2.24, 2.45) is 23.2 Å². The first kappa shape index (κ1) is 11.1. The lowest BCUT2D eigenvalue weighted by Crippen LogP contribution is -2.39. The van der Waals surface area contributed by atoms with Crippen LogP contribution >= 0.6 is 0 Å². The van der Waals surface area contributed by atoms with E-state index in [9.17, 15) is 0 Å². The van der Waals surface area contributed by atoms with Crippen LogP contribution in [0.25, 0.3) is 0 Å². The fourth-order valence-electron chi connectivity index (χ4n) is 2.69. The summed E-state index contributed by atoms with van der Waals surface area (Å²) in [5.41, 5.74) is 0.726. The van der Waals surface area contributed by atoms with Crippen LogP contribution in [0.2, 0.25) is 0 Å². The molecule has 0 bridgehead atoms. The van der Waals surface area contributed by atoms with Crippen molar-refractivity contribution in [1.82, 2.24) is 0 Å². The smallest absolute Gasteiger partial charge is 0.0272 e. The van der Waals surface area contributed by atoms with E-state index in [4.69, 9.17) is 0 Å². The third kappa shape index (κ3) is 2.08. The van der Waals surface area contributed by atoms with Crippen LogP contribution < -0.4 is 0 Å². The van der Waals surface area contributed by atoms with Crippen LogP contribution in [-0.4, -0.2) is 0 Å². The SMILES string of the molecule is CCC1(CC(C)C(C)C)CCC1C. The van der Waals surface area contributed by atoms with Gasteiger partial charge in [-0.15, -0.1) is 0 Å². The first-order valence-corrected chi connectivity index (χ1v) is 6.02. The van der Waals surface area contributed by atoms with Crippen molar-refractivity contribution in [3.05, 3.63) is 0 Å². The minimum atomic E-state index is 0.726. The van der Waals surface area contributed by atoms with Gasteiger partial charge in [-0.2, -0.15) is 0 Å². The molecule has 1 aliphatic rings. The summed E-state index contributed by atoms with van der Waals surface area (Å²) in [6.07, 6.45) is 5.81. The Morgan fingerprint density at radius 3 is 2.15 bits per heavy atom. The highest BCUT2D eigenvalue weighted by molar-refractivity contribution is 4.93. The maximum absolute atomic E-state index is 2.44. The Hall–Kier alpha value is 0. The lowest BCUT2D eigenvalue weighted by Gasteiger charge is -2.50. The summed E-state index contributed by atoms with van der Waals surface area (Å²) < 4.78 is 0. The molecule has 0 aromatic rings. The molecule has 1 rings (SSSR count). The van der Waals surface area contributed by atoms with E-state index in [1.165, 1.54) is 25.7 Å². The molecule has 0 radical (unpaired) electrons. The van der Waals surface area contributed by atoms with Crippen molar-refractivity contribution in [2.75, 3.05) is 0 Å². The zero-order valence-electron chi connectivity index (χ0n) is 10.1. The predicted molar refractivity (Wildman–Crippen MR) is 59.7 cm³/mol. The first-order valence-electron chi connectivity index (χ1n) is 6.02. The molecule has 0 aromatic heterocycles. The molecule has 13 heavy (non-hydrogen) atoms. The molecule has 0 amide bonds. The standard InChI is InChI=1S/C13H26/c1-6-13(8-7-12(13)5)9-11(4)10(2)3/h10-12H,6-9H2,1-5H3. The van der Waals surface area contributed by atoms with Crippen molar-refractivity contribution in [2.45, 2.75) is 60.3 Å². The topological polar surface area (TPSA) is 0 Å². The Bertz CT molecular complexity index is 155. The van der Waals surface area contributed by atoms with E-state index < -0.39 is 0 Å². The molecule has 78 valence electrons. The first-order chi connectivity index (χ1) is 6.02. The molecule has 0 nitrogen and oxygen atoms in total. The van der Waals surface area contributed by atoms with Gasteiger partial charge in [-0.1, -0.05) is 41.0 Å². The highest BCUT2D eigenvalue weighted by Crippen LogP contribution is 2.53. The van der Waals surface area contributed by atoms with Crippen molar-refractivity contribution in [3.63, 3.8) is 0 Å². The van der Waals surface area contributed by atoms with Crippen LogP contribution in [0, 0.1) is 23.2 Å². The summed E-state index contributed by atoms with van der Waals surface area (Å²) in [4.78, 5) is 0. The summed E-state index contributed by atoms with van der Waals surface area (Å²) >= 11 is 0. The summed E-state index contributed by atoms with van der Waals surface area (Å²) in [5.74, 6) is 2.75. The van der Waals surface area contributed by atoms with Crippen LogP contribution in [0.1, 0.15) is 60.3 Å². The molecule has 0 heterocycles. The van der Waals surface area contributed by atoms with Gasteiger partial charge in [0.25, 0.3) is 0 Å². The lowest BCUT2D eigenvalue weighted by atomic mass is 9.55. The van der Waals surface area contributed by atoms with E-state index >= 15 is 0 Å².